The summed E-state index contributed by atoms with van der Waals surface area (Å²) in [5.74, 6) is 0.174. The summed E-state index contributed by atoms with van der Waals surface area (Å²) in [6.45, 7) is 2.01. The van der Waals surface area contributed by atoms with Crippen LogP contribution < -0.4 is 5.32 Å². The number of aromatic amines is 1. The number of aromatic nitrogens is 1. The topological polar surface area (TPSA) is 48.1 Å². The lowest BCUT2D eigenvalue weighted by molar-refractivity contribution is -0.128. The van der Waals surface area contributed by atoms with E-state index < -0.39 is 0 Å². The van der Waals surface area contributed by atoms with Gasteiger partial charge in [0.2, 0.25) is 5.91 Å². The van der Waals surface area contributed by atoms with Crippen LogP contribution >= 0.6 is 0 Å². The summed E-state index contributed by atoms with van der Waals surface area (Å²) in [5.41, 5.74) is 2.32. The molecule has 0 bridgehead atoms. The maximum absolute atomic E-state index is 12.0. The molecule has 0 radical (unpaired) electrons. The molecule has 1 aromatic heterocycles. The molecule has 2 aromatic rings. The zero-order valence-corrected chi connectivity index (χ0v) is 10.6. The Balaban J connectivity index is 1.87. The van der Waals surface area contributed by atoms with Crippen molar-refractivity contribution in [3.63, 3.8) is 0 Å². The number of hydrogen-bond donors (Lipinski definition) is 2. The van der Waals surface area contributed by atoms with Crippen molar-refractivity contribution < 1.29 is 4.79 Å². The number of likely N-dealkylation sites (N-methyl/N-ethyl adjacent to an activating group) is 1. The molecule has 4 nitrogen and oxygen atoms in total. The fourth-order valence-corrected chi connectivity index (χ4v) is 2.58. The van der Waals surface area contributed by atoms with Crippen LogP contribution in [0.15, 0.2) is 30.5 Å². The van der Waals surface area contributed by atoms with Crippen molar-refractivity contribution in [2.75, 3.05) is 7.05 Å². The molecule has 1 amide bonds. The van der Waals surface area contributed by atoms with Gasteiger partial charge in [0.15, 0.2) is 0 Å². The van der Waals surface area contributed by atoms with E-state index in [0.717, 1.165) is 11.9 Å². The van der Waals surface area contributed by atoms with E-state index in [4.69, 9.17) is 0 Å². The summed E-state index contributed by atoms with van der Waals surface area (Å²) in [5, 5.41) is 4.52. The van der Waals surface area contributed by atoms with Gasteiger partial charge in [0.25, 0.3) is 0 Å². The van der Waals surface area contributed by atoms with E-state index in [2.05, 4.69) is 22.4 Å². The number of nitrogens with zero attached hydrogens (tertiary/aromatic N) is 1. The number of rotatable bonds is 2. The highest BCUT2D eigenvalue weighted by atomic mass is 16.2. The minimum absolute atomic E-state index is 0.107. The van der Waals surface area contributed by atoms with Crippen LogP contribution in [-0.2, 0) is 11.2 Å². The van der Waals surface area contributed by atoms with E-state index in [9.17, 15) is 4.79 Å². The second-order valence-corrected chi connectivity index (χ2v) is 4.91. The molecular formula is C14H17N3O. The van der Waals surface area contributed by atoms with Crippen LogP contribution in [0.4, 0.5) is 0 Å². The second kappa shape index (κ2) is 4.14. The lowest BCUT2D eigenvalue weighted by Gasteiger charge is -2.12. The number of carbonyl (C=O) groups is 1. The van der Waals surface area contributed by atoms with Gasteiger partial charge in [0, 0.05) is 24.1 Å². The molecule has 2 atom stereocenters. The van der Waals surface area contributed by atoms with Crippen LogP contribution in [0.1, 0.15) is 12.5 Å². The van der Waals surface area contributed by atoms with E-state index in [-0.39, 0.29) is 18.1 Å². The molecule has 1 aliphatic rings. The van der Waals surface area contributed by atoms with Gasteiger partial charge < -0.3 is 9.88 Å². The molecule has 1 aliphatic heterocycles. The molecule has 0 aliphatic carbocycles. The first-order valence-electron chi connectivity index (χ1n) is 6.24. The standard InChI is InChI=1S/C14H17N3O/c1-9-16-13(14(18)17(9)2)7-10-8-15-12-6-4-3-5-11(10)12/h3-6,8-9,13,15-16H,7H2,1-2H3/t9-,13-/m0/s1. The van der Waals surface area contributed by atoms with Gasteiger partial charge in [-0.05, 0) is 25.0 Å². The third-order valence-corrected chi connectivity index (χ3v) is 3.77. The molecule has 1 aromatic carbocycles. The lowest BCUT2D eigenvalue weighted by atomic mass is 10.1. The summed E-state index contributed by atoms with van der Waals surface area (Å²) in [6.07, 6.45) is 2.85. The zero-order valence-electron chi connectivity index (χ0n) is 10.6. The quantitative estimate of drug-likeness (QED) is 0.839. The molecule has 0 saturated carbocycles. The van der Waals surface area contributed by atoms with Gasteiger partial charge >= 0.3 is 0 Å². The molecule has 1 fully saturated rings. The van der Waals surface area contributed by atoms with Crippen molar-refractivity contribution in [1.82, 2.24) is 15.2 Å². The average Bonchev–Trinajstić information content (AvgIpc) is 2.89. The Labute approximate surface area is 106 Å². The number of H-pyrrole nitrogens is 1. The lowest BCUT2D eigenvalue weighted by Crippen LogP contribution is -2.32. The van der Waals surface area contributed by atoms with Gasteiger partial charge in [0.1, 0.15) is 0 Å². The number of hydrogen-bond acceptors (Lipinski definition) is 2. The predicted molar refractivity (Wildman–Crippen MR) is 71.2 cm³/mol. The van der Waals surface area contributed by atoms with Crippen LogP contribution in [-0.4, -0.2) is 35.0 Å². The van der Waals surface area contributed by atoms with E-state index in [1.807, 2.05) is 32.3 Å². The Kier molecular flexibility index (Phi) is 2.59. The van der Waals surface area contributed by atoms with Crippen molar-refractivity contribution in [3.05, 3.63) is 36.0 Å². The molecule has 18 heavy (non-hydrogen) atoms. The van der Waals surface area contributed by atoms with Crippen LogP contribution in [0.3, 0.4) is 0 Å². The van der Waals surface area contributed by atoms with E-state index in [0.29, 0.717) is 0 Å². The molecule has 4 heteroatoms. The number of carbonyl (C=O) groups excluding carboxylic acids is 1. The van der Waals surface area contributed by atoms with Gasteiger partial charge in [-0.1, -0.05) is 18.2 Å². The Hall–Kier alpha value is -1.81. The highest BCUT2D eigenvalue weighted by Crippen LogP contribution is 2.21. The minimum atomic E-state index is -0.107. The Bertz CT molecular complexity index is 589. The van der Waals surface area contributed by atoms with Crippen molar-refractivity contribution in [3.8, 4) is 0 Å². The normalized spacial score (nSPS) is 24.1. The van der Waals surface area contributed by atoms with Crippen molar-refractivity contribution >= 4 is 16.8 Å². The third-order valence-electron chi connectivity index (χ3n) is 3.77. The molecule has 1 saturated heterocycles. The highest BCUT2D eigenvalue weighted by Gasteiger charge is 2.33. The smallest absolute Gasteiger partial charge is 0.241 e. The number of benzene rings is 1. The van der Waals surface area contributed by atoms with E-state index >= 15 is 0 Å². The van der Waals surface area contributed by atoms with Crippen molar-refractivity contribution in [2.24, 2.45) is 0 Å². The molecule has 2 N–H and O–H groups in total. The fourth-order valence-electron chi connectivity index (χ4n) is 2.58. The zero-order chi connectivity index (χ0) is 12.7. The first-order valence-corrected chi connectivity index (χ1v) is 6.24. The van der Waals surface area contributed by atoms with Crippen LogP contribution in [0.25, 0.3) is 10.9 Å². The first kappa shape index (κ1) is 11.3. The molecule has 3 rings (SSSR count). The third kappa shape index (κ3) is 1.69. The Morgan fingerprint density at radius 3 is 2.83 bits per heavy atom. The molecule has 2 heterocycles. The first-order chi connectivity index (χ1) is 8.66. The van der Waals surface area contributed by atoms with Gasteiger partial charge in [-0.3, -0.25) is 10.1 Å². The summed E-state index contributed by atoms with van der Waals surface area (Å²) >= 11 is 0. The van der Waals surface area contributed by atoms with Gasteiger partial charge in [0.05, 0.1) is 12.2 Å². The van der Waals surface area contributed by atoms with Crippen LogP contribution in [0.5, 0.6) is 0 Å². The monoisotopic (exact) mass is 243 g/mol. The van der Waals surface area contributed by atoms with Crippen LogP contribution in [0.2, 0.25) is 0 Å². The maximum atomic E-state index is 12.0. The van der Waals surface area contributed by atoms with E-state index in [1.54, 1.807) is 4.90 Å². The molecular weight excluding hydrogens is 226 g/mol. The molecule has 94 valence electrons. The average molecular weight is 243 g/mol. The van der Waals surface area contributed by atoms with Crippen molar-refractivity contribution in [1.29, 1.82) is 0 Å². The van der Waals surface area contributed by atoms with Crippen molar-refractivity contribution in [2.45, 2.75) is 25.6 Å². The van der Waals surface area contributed by atoms with E-state index in [1.165, 1.54) is 10.9 Å². The second-order valence-electron chi connectivity index (χ2n) is 4.91. The SMILES string of the molecule is C[C@H]1N[C@@H](Cc2c[nH]c3ccccc23)C(=O)N1C. The summed E-state index contributed by atoms with van der Waals surface area (Å²) in [4.78, 5) is 17.0. The van der Waals surface area contributed by atoms with Crippen LogP contribution in [0, 0.1) is 0 Å². The van der Waals surface area contributed by atoms with Gasteiger partial charge in [-0.15, -0.1) is 0 Å². The Morgan fingerprint density at radius 1 is 1.33 bits per heavy atom. The number of nitrogens with one attached hydrogen (secondary N) is 2. The van der Waals surface area contributed by atoms with Gasteiger partial charge in [-0.25, -0.2) is 0 Å². The Morgan fingerprint density at radius 2 is 2.11 bits per heavy atom. The summed E-state index contributed by atoms with van der Waals surface area (Å²) < 4.78 is 0. The minimum Gasteiger partial charge on any atom is -0.361 e. The summed E-state index contributed by atoms with van der Waals surface area (Å²) in [7, 11) is 1.84. The molecule has 0 spiro atoms. The number of para-hydroxylation sites is 1. The number of fused-ring (bicyclic) bond motifs is 1. The molecule has 0 unspecified atom stereocenters. The fraction of sp³-hybridized carbons (Fsp3) is 0.357. The van der Waals surface area contributed by atoms with Gasteiger partial charge in [-0.2, -0.15) is 0 Å². The summed E-state index contributed by atoms with van der Waals surface area (Å²) in [6, 6.07) is 8.07. The maximum Gasteiger partial charge on any atom is 0.241 e. The highest BCUT2D eigenvalue weighted by molar-refractivity contribution is 5.87. The largest absolute Gasteiger partial charge is 0.361 e. The number of amides is 1. The predicted octanol–water partition coefficient (Wildman–Crippen LogP) is 1.49.